The Kier molecular flexibility index (Phi) is 2.70. The van der Waals surface area contributed by atoms with Gasteiger partial charge in [-0.3, -0.25) is 0 Å². The van der Waals surface area contributed by atoms with Crippen LogP contribution >= 0.6 is 23.2 Å². The summed E-state index contributed by atoms with van der Waals surface area (Å²) in [5.74, 6) is 0. The molecule has 0 aliphatic heterocycles. The van der Waals surface area contributed by atoms with Gasteiger partial charge in [-0.1, -0.05) is 0 Å². The molecule has 0 fully saturated rings. The number of halogens is 2. The van der Waals surface area contributed by atoms with Crippen molar-refractivity contribution in [1.82, 2.24) is 0 Å². The first-order valence-electron chi connectivity index (χ1n) is 2.35. The van der Waals surface area contributed by atoms with Gasteiger partial charge in [0.2, 0.25) is 0 Å². The third-order valence-corrected chi connectivity index (χ3v) is 3.21. The van der Waals surface area contributed by atoms with E-state index in [2.05, 4.69) is 0 Å². The van der Waals surface area contributed by atoms with Crippen LogP contribution in [0.3, 0.4) is 0 Å². The average Bonchev–Trinajstić information content (AvgIpc) is 1.83. The van der Waals surface area contributed by atoms with Crippen molar-refractivity contribution in [2.75, 3.05) is 0 Å². The Hall–Kier alpha value is 0.618. The van der Waals surface area contributed by atoms with Crippen molar-refractivity contribution in [2.45, 2.75) is 0 Å². The minimum absolute atomic E-state index is 0.634. The van der Waals surface area contributed by atoms with E-state index < -0.39 is 0 Å². The fourth-order valence-electron chi connectivity index (χ4n) is 0.492. The van der Waals surface area contributed by atoms with E-state index >= 15 is 0 Å². The van der Waals surface area contributed by atoms with Gasteiger partial charge < -0.3 is 0 Å². The van der Waals surface area contributed by atoms with Crippen molar-refractivity contribution in [3.05, 3.63) is 28.2 Å². The Balaban J connectivity index is 3.25. The van der Waals surface area contributed by atoms with Crippen LogP contribution in [0.15, 0.2) is 18.2 Å². The molecule has 46 valence electrons. The van der Waals surface area contributed by atoms with E-state index in [4.69, 9.17) is 23.2 Å². The predicted molar refractivity (Wildman–Crippen MR) is 41.9 cm³/mol. The van der Waals surface area contributed by atoms with E-state index in [0.29, 0.717) is 10.0 Å². The van der Waals surface area contributed by atoms with Gasteiger partial charge >= 0.3 is 78.0 Å². The molecule has 0 aliphatic rings. The molecule has 3 heteroatoms. The van der Waals surface area contributed by atoms with E-state index in [-0.39, 0.29) is 0 Å². The van der Waals surface area contributed by atoms with E-state index in [9.17, 15) is 0 Å². The van der Waals surface area contributed by atoms with Gasteiger partial charge in [-0.2, -0.15) is 0 Å². The Morgan fingerprint density at radius 2 is 1.89 bits per heavy atom. The molecule has 0 aliphatic carbocycles. The molecular formula is C6H3Cl2Sb. The third kappa shape index (κ3) is 1.77. The molecule has 2 radical (unpaired) electrons. The molecule has 0 heterocycles. The third-order valence-electron chi connectivity index (χ3n) is 0.931. The molecule has 1 rings (SSSR count). The van der Waals surface area contributed by atoms with Crippen LogP contribution in [0.25, 0.3) is 0 Å². The van der Waals surface area contributed by atoms with E-state index in [1.165, 1.54) is 0 Å². The van der Waals surface area contributed by atoms with Gasteiger partial charge in [-0.15, -0.1) is 0 Å². The fourth-order valence-corrected chi connectivity index (χ4v) is 1.58. The van der Waals surface area contributed by atoms with Crippen LogP contribution in [0, 0.1) is 0 Å². The van der Waals surface area contributed by atoms with Gasteiger partial charge in [0, 0.05) is 0 Å². The Morgan fingerprint density at radius 3 is 2.33 bits per heavy atom. The number of benzene rings is 1. The standard InChI is InChI=1S/C6H3Cl2.Sb/c7-5-3-1-2-4-6(5)8;/h1-3H;. The van der Waals surface area contributed by atoms with E-state index in [1.807, 2.05) is 12.1 Å². The molecule has 0 spiro atoms. The molecule has 1 aromatic carbocycles. The molecule has 0 bridgehead atoms. The maximum atomic E-state index is 5.76. The summed E-state index contributed by atoms with van der Waals surface area (Å²) in [5.41, 5.74) is 0. The van der Waals surface area contributed by atoms with E-state index in [1.54, 1.807) is 29.1 Å². The van der Waals surface area contributed by atoms with Crippen molar-refractivity contribution in [1.29, 1.82) is 0 Å². The second-order valence-corrected chi connectivity index (χ2v) is 3.73. The molecule has 9 heavy (non-hydrogen) atoms. The summed E-state index contributed by atoms with van der Waals surface area (Å²) in [5, 5.41) is 1.31. The van der Waals surface area contributed by atoms with Crippen LogP contribution in [0.2, 0.25) is 10.0 Å². The monoisotopic (exact) mass is 266 g/mol. The quantitative estimate of drug-likeness (QED) is 0.629. The zero-order chi connectivity index (χ0) is 6.85. The van der Waals surface area contributed by atoms with Crippen LogP contribution in [0.4, 0.5) is 0 Å². The molecule has 1 aromatic rings. The summed E-state index contributed by atoms with van der Waals surface area (Å²) in [4.78, 5) is 0. The predicted octanol–water partition coefficient (Wildman–Crippen LogP) is 1.79. The molecule has 0 nitrogen and oxygen atoms in total. The van der Waals surface area contributed by atoms with Gasteiger partial charge in [0.1, 0.15) is 0 Å². The zero-order valence-electron chi connectivity index (χ0n) is 4.44. The van der Waals surface area contributed by atoms with Crippen LogP contribution in [0.5, 0.6) is 0 Å². The summed E-state index contributed by atoms with van der Waals surface area (Å²) in [6.07, 6.45) is 0. The molecule has 0 N–H and O–H groups in total. The number of hydrogen-bond donors (Lipinski definition) is 0. The molecule has 0 unspecified atom stereocenters. The minimum atomic E-state index is 0.634. The SMILES string of the molecule is Clc1ccc[c]([Sb])c1Cl. The average molecular weight is 268 g/mol. The van der Waals surface area contributed by atoms with Crippen LogP contribution in [-0.4, -0.2) is 23.0 Å². The second-order valence-electron chi connectivity index (χ2n) is 1.57. The summed E-state index contributed by atoms with van der Waals surface area (Å²) in [6, 6.07) is 5.62. The Labute approximate surface area is 77.6 Å². The van der Waals surface area contributed by atoms with Gasteiger partial charge in [0.05, 0.1) is 0 Å². The van der Waals surface area contributed by atoms with Gasteiger partial charge in [0.25, 0.3) is 0 Å². The molecule has 0 saturated carbocycles. The van der Waals surface area contributed by atoms with Crippen molar-refractivity contribution in [3.8, 4) is 0 Å². The van der Waals surface area contributed by atoms with E-state index in [0.717, 1.165) is 3.51 Å². The van der Waals surface area contributed by atoms with Crippen molar-refractivity contribution in [3.63, 3.8) is 0 Å². The summed E-state index contributed by atoms with van der Waals surface area (Å²) in [7, 11) is 0. The molecule has 0 aromatic heterocycles. The maximum absolute atomic E-state index is 5.76. The summed E-state index contributed by atoms with van der Waals surface area (Å²) in [6.45, 7) is 0. The van der Waals surface area contributed by atoms with Crippen LogP contribution < -0.4 is 3.51 Å². The molecule has 0 saturated heterocycles. The van der Waals surface area contributed by atoms with Crippen LogP contribution in [0.1, 0.15) is 0 Å². The van der Waals surface area contributed by atoms with Crippen molar-refractivity contribution < 1.29 is 0 Å². The van der Waals surface area contributed by atoms with Gasteiger partial charge in [-0.25, -0.2) is 0 Å². The second kappa shape index (κ2) is 3.14. The first-order chi connectivity index (χ1) is 4.22. The normalized spacial score (nSPS) is 9.67. The Morgan fingerprint density at radius 1 is 1.22 bits per heavy atom. The van der Waals surface area contributed by atoms with Gasteiger partial charge in [-0.05, 0) is 0 Å². The Bertz CT molecular complexity index is 202. The first-order valence-corrected chi connectivity index (χ1v) is 4.38. The van der Waals surface area contributed by atoms with Gasteiger partial charge in [0.15, 0.2) is 0 Å². The summed E-state index contributed by atoms with van der Waals surface area (Å²) < 4.78 is 1.07. The van der Waals surface area contributed by atoms with Crippen molar-refractivity contribution >= 4 is 49.7 Å². The molecule has 0 atom stereocenters. The molecule has 0 amide bonds. The summed E-state index contributed by atoms with van der Waals surface area (Å²) >= 11 is 13.0. The van der Waals surface area contributed by atoms with Crippen LogP contribution in [-0.2, 0) is 0 Å². The molecular weight excluding hydrogens is 265 g/mol. The van der Waals surface area contributed by atoms with Crippen molar-refractivity contribution in [2.24, 2.45) is 0 Å². The topological polar surface area (TPSA) is 0 Å². The fraction of sp³-hybridized carbons (Fsp3) is 0. The number of rotatable bonds is 0. The first kappa shape index (κ1) is 7.72. The number of hydrogen-bond acceptors (Lipinski definition) is 0. The zero-order valence-corrected chi connectivity index (χ0v) is 8.50.